The summed E-state index contributed by atoms with van der Waals surface area (Å²) in [7, 11) is 0. The predicted octanol–water partition coefficient (Wildman–Crippen LogP) is 4.02. The van der Waals surface area contributed by atoms with Gasteiger partial charge in [0.15, 0.2) is 0 Å². The van der Waals surface area contributed by atoms with Crippen molar-refractivity contribution >= 4 is 17.8 Å². The third-order valence-corrected chi connectivity index (χ3v) is 2.78. The molecule has 2 amide bonds. The molecular weight excluding hydrogens is 283 g/mol. The summed E-state index contributed by atoms with van der Waals surface area (Å²) in [4.78, 5) is 11.7. The molecule has 0 radical (unpaired) electrons. The lowest BCUT2D eigenvalue weighted by atomic mass is 10.2. The van der Waals surface area contributed by atoms with E-state index in [1.807, 2.05) is 6.92 Å². The lowest BCUT2D eigenvalue weighted by Crippen LogP contribution is -2.23. The van der Waals surface area contributed by atoms with Crippen LogP contribution in [0.2, 0.25) is 0 Å². The first kappa shape index (κ1) is 15.6. The minimum Gasteiger partial charge on any atom is -0.494 e. The fourth-order valence-electron chi connectivity index (χ4n) is 1.76. The van der Waals surface area contributed by atoms with Gasteiger partial charge >= 0.3 is 6.03 Å². The van der Waals surface area contributed by atoms with E-state index in [1.165, 1.54) is 18.3 Å². The molecule has 0 saturated heterocycles. The smallest absolute Gasteiger partial charge is 0.323 e. The fourth-order valence-corrected chi connectivity index (χ4v) is 1.76. The summed E-state index contributed by atoms with van der Waals surface area (Å²) in [5.74, 6) is 0.461. The second-order valence-electron chi connectivity index (χ2n) is 4.44. The molecule has 0 atom stereocenters. The fraction of sp³-hybridized carbons (Fsp3) is 0.118. The van der Waals surface area contributed by atoms with E-state index in [9.17, 15) is 9.18 Å². The lowest BCUT2D eigenvalue weighted by Gasteiger charge is -2.06. The van der Waals surface area contributed by atoms with Crippen LogP contribution in [0.3, 0.4) is 0 Å². The van der Waals surface area contributed by atoms with Gasteiger partial charge in [-0.3, -0.25) is 0 Å². The van der Waals surface area contributed by atoms with Gasteiger partial charge in [-0.1, -0.05) is 12.1 Å². The Balaban J connectivity index is 1.83. The topological polar surface area (TPSA) is 50.4 Å². The van der Waals surface area contributed by atoms with Crippen LogP contribution in [0, 0.1) is 5.82 Å². The zero-order valence-electron chi connectivity index (χ0n) is 12.2. The van der Waals surface area contributed by atoms with E-state index in [4.69, 9.17) is 4.74 Å². The number of hydrogen-bond donors (Lipinski definition) is 2. The Morgan fingerprint density at radius 2 is 1.82 bits per heavy atom. The van der Waals surface area contributed by atoms with Gasteiger partial charge in [-0.25, -0.2) is 9.18 Å². The molecule has 0 saturated carbocycles. The minimum atomic E-state index is -0.359. The first-order valence-corrected chi connectivity index (χ1v) is 6.90. The van der Waals surface area contributed by atoms with Crippen LogP contribution in [-0.4, -0.2) is 12.6 Å². The summed E-state index contributed by atoms with van der Waals surface area (Å²) in [5, 5.41) is 5.27. The molecule has 0 unspecified atom stereocenters. The molecule has 2 aromatic rings. The number of benzene rings is 2. The second-order valence-corrected chi connectivity index (χ2v) is 4.44. The monoisotopic (exact) mass is 300 g/mol. The number of nitrogens with one attached hydrogen (secondary N) is 2. The van der Waals surface area contributed by atoms with Gasteiger partial charge in [-0.05, 0) is 55.0 Å². The van der Waals surface area contributed by atoms with Crippen LogP contribution in [0.1, 0.15) is 12.5 Å². The van der Waals surface area contributed by atoms with E-state index in [-0.39, 0.29) is 11.8 Å². The van der Waals surface area contributed by atoms with Crippen molar-refractivity contribution in [2.45, 2.75) is 6.92 Å². The molecule has 0 heterocycles. The van der Waals surface area contributed by atoms with Crippen LogP contribution >= 0.6 is 0 Å². The van der Waals surface area contributed by atoms with Crippen molar-refractivity contribution in [2.24, 2.45) is 0 Å². The van der Waals surface area contributed by atoms with Crippen molar-refractivity contribution in [3.8, 4) is 5.75 Å². The maximum Gasteiger partial charge on any atom is 0.323 e. The van der Waals surface area contributed by atoms with E-state index < -0.39 is 0 Å². The van der Waals surface area contributed by atoms with E-state index in [0.29, 0.717) is 12.3 Å². The second kappa shape index (κ2) is 7.83. The minimum absolute atomic E-state index is 0.293. The third kappa shape index (κ3) is 4.94. The molecule has 2 N–H and O–H groups in total. The van der Waals surface area contributed by atoms with Crippen LogP contribution in [0.25, 0.3) is 6.08 Å². The van der Waals surface area contributed by atoms with Gasteiger partial charge < -0.3 is 15.4 Å². The molecule has 2 rings (SSSR count). The van der Waals surface area contributed by atoms with Gasteiger partial charge in [-0.15, -0.1) is 0 Å². The van der Waals surface area contributed by atoms with Crippen molar-refractivity contribution in [3.05, 3.63) is 66.1 Å². The first-order valence-electron chi connectivity index (χ1n) is 6.90. The van der Waals surface area contributed by atoms with Crippen LogP contribution in [0.5, 0.6) is 5.75 Å². The first-order chi connectivity index (χ1) is 10.7. The predicted molar refractivity (Wildman–Crippen MR) is 85.2 cm³/mol. The SMILES string of the molecule is CCOc1ccc(NC(=O)N/C=C/c2ccc(F)cc2)cc1. The van der Waals surface area contributed by atoms with Crippen molar-refractivity contribution in [1.82, 2.24) is 5.32 Å². The molecule has 0 aliphatic rings. The Kier molecular flexibility index (Phi) is 5.54. The zero-order chi connectivity index (χ0) is 15.8. The number of carbonyl (C=O) groups is 1. The van der Waals surface area contributed by atoms with E-state index in [1.54, 1.807) is 42.5 Å². The van der Waals surface area contributed by atoms with Crippen molar-refractivity contribution in [1.29, 1.82) is 0 Å². The number of carbonyl (C=O) groups excluding carboxylic acids is 1. The average Bonchev–Trinajstić information content (AvgIpc) is 2.51. The van der Waals surface area contributed by atoms with Gasteiger partial charge in [0.05, 0.1) is 6.61 Å². The number of halogens is 1. The zero-order valence-corrected chi connectivity index (χ0v) is 12.2. The van der Waals surface area contributed by atoms with Crippen molar-refractivity contribution < 1.29 is 13.9 Å². The number of rotatable bonds is 5. The molecule has 0 aliphatic carbocycles. The molecule has 0 aromatic heterocycles. The lowest BCUT2D eigenvalue weighted by molar-refractivity contribution is 0.255. The summed E-state index contributed by atoms with van der Waals surface area (Å²) in [5.41, 5.74) is 1.46. The van der Waals surface area contributed by atoms with E-state index in [0.717, 1.165) is 11.3 Å². The molecule has 4 nitrogen and oxygen atoms in total. The van der Waals surface area contributed by atoms with Crippen molar-refractivity contribution in [3.63, 3.8) is 0 Å². The largest absolute Gasteiger partial charge is 0.494 e. The summed E-state index contributed by atoms with van der Waals surface area (Å²) in [6.45, 7) is 2.51. The van der Waals surface area contributed by atoms with Crippen molar-refractivity contribution in [2.75, 3.05) is 11.9 Å². The molecule has 22 heavy (non-hydrogen) atoms. The van der Waals surface area contributed by atoms with Gasteiger partial charge in [0, 0.05) is 11.9 Å². The molecule has 114 valence electrons. The van der Waals surface area contributed by atoms with E-state index in [2.05, 4.69) is 10.6 Å². The number of amides is 2. The Labute approximate surface area is 128 Å². The van der Waals surface area contributed by atoms with Gasteiger partial charge in [0.25, 0.3) is 0 Å². The third-order valence-electron chi connectivity index (χ3n) is 2.78. The van der Waals surface area contributed by atoms with Crippen LogP contribution < -0.4 is 15.4 Å². The summed E-state index contributed by atoms with van der Waals surface area (Å²) in [6, 6.07) is 12.7. The maximum atomic E-state index is 12.7. The maximum absolute atomic E-state index is 12.7. The highest BCUT2D eigenvalue weighted by Crippen LogP contribution is 2.15. The molecule has 2 aromatic carbocycles. The highest BCUT2D eigenvalue weighted by molar-refractivity contribution is 5.90. The quantitative estimate of drug-likeness (QED) is 0.876. The Hall–Kier alpha value is -2.82. The van der Waals surface area contributed by atoms with Crippen LogP contribution in [0.4, 0.5) is 14.9 Å². The summed E-state index contributed by atoms with van der Waals surface area (Å²) < 4.78 is 18.1. The molecule has 0 aliphatic heterocycles. The molecule has 0 spiro atoms. The summed E-state index contributed by atoms with van der Waals surface area (Å²) >= 11 is 0. The highest BCUT2D eigenvalue weighted by atomic mass is 19.1. The molecule has 5 heteroatoms. The molecule has 0 bridgehead atoms. The number of anilines is 1. The number of ether oxygens (including phenoxy) is 1. The van der Waals surface area contributed by atoms with Crippen LogP contribution in [-0.2, 0) is 0 Å². The standard InChI is InChI=1S/C17H17FN2O2/c1-2-22-16-9-7-15(8-10-16)20-17(21)19-12-11-13-3-5-14(18)6-4-13/h3-12H,2H2,1H3,(H2,19,20,21)/b12-11+. The number of hydrogen-bond acceptors (Lipinski definition) is 2. The number of urea groups is 1. The Morgan fingerprint density at radius 1 is 1.14 bits per heavy atom. The van der Waals surface area contributed by atoms with E-state index >= 15 is 0 Å². The van der Waals surface area contributed by atoms with Gasteiger partial charge in [-0.2, -0.15) is 0 Å². The van der Waals surface area contributed by atoms with Gasteiger partial charge in [0.1, 0.15) is 11.6 Å². The van der Waals surface area contributed by atoms with Crippen LogP contribution in [0.15, 0.2) is 54.7 Å². The normalized spacial score (nSPS) is 10.5. The Bertz CT molecular complexity index is 637. The van der Waals surface area contributed by atoms with Gasteiger partial charge in [0.2, 0.25) is 0 Å². The molecular formula is C17H17FN2O2. The highest BCUT2D eigenvalue weighted by Gasteiger charge is 1.99. The Morgan fingerprint density at radius 3 is 2.45 bits per heavy atom. The average molecular weight is 300 g/mol. The summed E-state index contributed by atoms with van der Waals surface area (Å²) in [6.07, 6.45) is 3.17. The molecule has 0 fully saturated rings.